The van der Waals surface area contributed by atoms with Gasteiger partial charge in [0, 0.05) is 18.7 Å². The summed E-state index contributed by atoms with van der Waals surface area (Å²) in [4.78, 5) is 2.34. The highest BCUT2D eigenvalue weighted by molar-refractivity contribution is 6.33. The molecular formula is C13H19ClN2O. The average molecular weight is 255 g/mol. The minimum Gasteiger partial charge on any atom is -0.492 e. The van der Waals surface area contributed by atoms with Gasteiger partial charge in [-0.15, -0.1) is 0 Å². The molecule has 94 valence electrons. The number of anilines is 1. The van der Waals surface area contributed by atoms with Crippen LogP contribution in [0.3, 0.4) is 0 Å². The lowest BCUT2D eigenvalue weighted by molar-refractivity contribution is 0.231. The Hall–Kier alpha value is -0.930. The van der Waals surface area contributed by atoms with Crippen LogP contribution in [-0.2, 0) is 0 Å². The highest BCUT2D eigenvalue weighted by atomic mass is 35.5. The lowest BCUT2D eigenvalue weighted by atomic mass is 10.2. The second-order valence-electron chi connectivity index (χ2n) is 4.70. The van der Waals surface area contributed by atoms with Gasteiger partial charge in [0.2, 0.25) is 0 Å². The number of hydrogen-bond donors (Lipinski definition) is 1. The number of ether oxygens (including phenoxy) is 1. The van der Waals surface area contributed by atoms with Crippen LogP contribution < -0.4 is 10.5 Å². The highest BCUT2D eigenvalue weighted by Gasteiger charge is 2.25. The van der Waals surface area contributed by atoms with Crippen LogP contribution in [0.2, 0.25) is 5.02 Å². The van der Waals surface area contributed by atoms with Crippen molar-refractivity contribution in [1.82, 2.24) is 4.90 Å². The maximum atomic E-state index is 5.97. The molecule has 0 atom stereocenters. The molecule has 3 nitrogen and oxygen atoms in total. The number of halogens is 1. The van der Waals surface area contributed by atoms with E-state index < -0.39 is 0 Å². The maximum absolute atomic E-state index is 5.97. The van der Waals surface area contributed by atoms with Crippen LogP contribution in [0.4, 0.5) is 5.69 Å². The lowest BCUT2D eigenvalue weighted by Gasteiger charge is -2.17. The van der Waals surface area contributed by atoms with Crippen LogP contribution in [0.1, 0.15) is 18.4 Å². The van der Waals surface area contributed by atoms with E-state index in [-0.39, 0.29) is 0 Å². The van der Waals surface area contributed by atoms with Gasteiger partial charge in [0.15, 0.2) is 0 Å². The van der Waals surface area contributed by atoms with Gasteiger partial charge in [0.25, 0.3) is 0 Å². The van der Waals surface area contributed by atoms with Crippen molar-refractivity contribution in [2.75, 3.05) is 25.9 Å². The SMILES string of the molecule is Cc1cc(N)c(Cl)cc1OCCN(C)C1CC1. The monoisotopic (exact) mass is 254 g/mol. The molecule has 0 aromatic heterocycles. The van der Waals surface area contributed by atoms with E-state index in [0.717, 1.165) is 23.9 Å². The van der Waals surface area contributed by atoms with Crippen LogP contribution in [0.15, 0.2) is 12.1 Å². The Labute approximate surface area is 107 Å². The molecule has 1 saturated carbocycles. The molecule has 4 heteroatoms. The van der Waals surface area contributed by atoms with E-state index in [2.05, 4.69) is 11.9 Å². The molecular weight excluding hydrogens is 236 g/mol. The topological polar surface area (TPSA) is 38.5 Å². The Bertz CT molecular complexity index is 405. The van der Waals surface area contributed by atoms with Crippen LogP contribution in [-0.4, -0.2) is 31.1 Å². The molecule has 17 heavy (non-hydrogen) atoms. The third kappa shape index (κ3) is 3.27. The third-order valence-corrected chi connectivity index (χ3v) is 3.49. The Morgan fingerprint density at radius 2 is 2.18 bits per heavy atom. The summed E-state index contributed by atoms with van der Waals surface area (Å²) in [5.41, 5.74) is 7.35. The summed E-state index contributed by atoms with van der Waals surface area (Å²) in [6.45, 7) is 3.62. The third-order valence-electron chi connectivity index (χ3n) is 3.17. The van der Waals surface area contributed by atoms with Gasteiger partial charge in [0.05, 0.1) is 10.7 Å². The van der Waals surface area contributed by atoms with Crippen LogP contribution in [0, 0.1) is 6.92 Å². The standard InChI is InChI=1S/C13H19ClN2O/c1-9-7-12(15)11(14)8-13(9)17-6-5-16(2)10-3-4-10/h7-8,10H,3-6,15H2,1-2H3. The lowest BCUT2D eigenvalue weighted by Crippen LogP contribution is -2.26. The van der Waals surface area contributed by atoms with Gasteiger partial charge in [-0.05, 0) is 38.4 Å². The molecule has 0 spiro atoms. The zero-order chi connectivity index (χ0) is 12.4. The number of nitrogens with two attached hydrogens (primary N) is 1. The number of rotatable bonds is 5. The van der Waals surface area contributed by atoms with E-state index in [9.17, 15) is 0 Å². The number of aryl methyl sites for hydroxylation is 1. The first-order valence-corrected chi connectivity index (χ1v) is 6.34. The zero-order valence-electron chi connectivity index (χ0n) is 10.4. The largest absolute Gasteiger partial charge is 0.492 e. The molecule has 0 radical (unpaired) electrons. The van der Waals surface area contributed by atoms with E-state index in [0.29, 0.717) is 17.3 Å². The van der Waals surface area contributed by atoms with E-state index in [1.165, 1.54) is 12.8 Å². The summed E-state index contributed by atoms with van der Waals surface area (Å²) in [6, 6.07) is 4.42. The van der Waals surface area contributed by atoms with Crippen molar-refractivity contribution in [3.05, 3.63) is 22.7 Å². The summed E-state index contributed by atoms with van der Waals surface area (Å²) in [6.07, 6.45) is 2.65. The molecule has 2 rings (SSSR count). The first kappa shape index (κ1) is 12.5. The normalized spacial score (nSPS) is 15.3. The summed E-state index contributed by atoms with van der Waals surface area (Å²) in [5, 5.41) is 0.557. The van der Waals surface area contributed by atoms with E-state index in [1.54, 1.807) is 6.07 Å². The van der Waals surface area contributed by atoms with Crippen LogP contribution >= 0.6 is 11.6 Å². The quantitative estimate of drug-likeness (QED) is 0.822. The molecule has 0 bridgehead atoms. The van der Waals surface area contributed by atoms with E-state index >= 15 is 0 Å². The number of nitrogens with zero attached hydrogens (tertiary/aromatic N) is 1. The Kier molecular flexibility index (Phi) is 3.79. The number of benzene rings is 1. The van der Waals surface area contributed by atoms with E-state index in [4.69, 9.17) is 22.1 Å². The summed E-state index contributed by atoms with van der Waals surface area (Å²) >= 11 is 5.97. The van der Waals surface area contributed by atoms with Crippen molar-refractivity contribution in [2.45, 2.75) is 25.8 Å². The Morgan fingerprint density at radius 1 is 1.47 bits per heavy atom. The van der Waals surface area contributed by atoms with Crippen LogP contribution in [0.25, 0.3) is 0 Å². The van der Waals surface area contributed by atoms with Crippen molar-refractivity contribution in [2.24, 2.45) is 0 Å². The molecule has 1 fully saturated rings. The fraction of sp³-hybridized carbons (Fsp3) is 0.538. The van der Waals surface area contributed by atoms with Gasteiger partial charge in [-0.2, -0.15) is 0 Å². The first-order valence-electron chi connectivity index (χ1n) is 5.96. The fourth-order valence-corrected chi connectivity index (χ4v) is 1.99. The molecule has 0 heterocycles. The Balaban J connectivity index is 1.87. The first-order chi connectivity index (χ1) is 8.08. The highest BCUT2D eigenvalue weighted by Crippen LogP contribution is 2.29. The van der Waals surface area contributed by atoms with Gasteiger partial charge >= 0.3 is 0 Å². The minimum absolute atomic E-state index is 0.557. The van der Waals surface area contributed by atoms with Crippen molar-refractivity contribution >= 4 is 17.3 Å². The van der Waals surface area contributed by atoms with Crippen molar-refractivity contribution in [3.63, 3.8) is 0 Å². The predicted molar refractivity (Wildman–Crippen MR) is 71.7 cm³/mol. The van der Waals surface area contributed by atoms with Gasteiger partial charge in [-0.3, -0.25) is 0 Å². The van der Waals surface area contributed by atoms with Crippen molar-refractivity contribution in [1.29, 1.82) is 0 Å². The average Bonchev–Trinajstić information content (AvgIpc) is 3.09. The summed E-state index contributed by atoms with van der Waals surface area (Å²) in [7, 11) is 2.14. The zero-order valence-corrected chi connectivity index (χ0v) is 11.1. The van der Waals surface area contributed by atoms with Gasteiger partial charge in [-0.1, -0.05) is 11.6 Å². The molecule has 1 aliphatic rings. The van der Waals surface area contributed by atoms with Gasteiger partial charge in [-0.25, -0.2) is 0 Å². The molecule has 0 amide bonds. The number of hydrogen-bond acceptors (Lipinski definition) is 3. The molecule has 1 aromatic rings. The molecule has 0 saturated heterocycles. The van der Waals surface area contributed by atoms with Crippen molar-refractivity contribution in [3.8, 4) is 5.75 Å². The van der Waals surface area contributed by atoms with Crippen LogP contribution in [0.5, 0.6) is 5.75 Å². The van der Waals surface area contributed by atoms with Crippen molar-refractivity contribution < 1.29 is 4.74 Å². The molecule has 1 aromatic carbocycles. The van der Waals surface area contributed by atoms with E-state index in [1.807, 2.05) is 13.0 Å². The Morgan fingerprint density at radius 3 is 2.82 bits per heavy atom. The smallest absolute Gasteiger partial charge is 0.123 e. The summed E-state index contributed by atoms with van der Waals surface area (Å²) in [5.74, 6) is 0.827. The predicted octanol–water partition coefficient (Wildman–Crippen LogP) is 2.70. The van der Waals surface area contributed by atoms with Gasteiger partial charge < -0.3 is 15.4 Å². The second-order valence-corrected chi connectivity index (χ2v) is 5.11. The molecule has 2 N–H and O–H groups in total. The second kappa shape index (κ2) is 5.15. The minimum atomic E-state index is 0.557. The molecule has 1 aliphatic carbocycles. The van der Waals surface area contributed by atoms with Gasteiger partial charge in [0.1, 0.15) is 12.4 Å². The number of likely N-dealkylation sites (N-methyl/N-ethyl adjacent to an activating group) is 1. The molecule has 0 aliphatic heterocycles. The maximum Gasteiger partial charge on any atom is 0.123 e. The molecule has 0 unspecified atom stereocenters. The number of nitrogen functional groups attached to an aromatic ring is 1. The summed E-state index contributed by atoms with van der Waals surface area (Å²) < 4.78 is 5.74. The fourth-order valence-electron chi connectivity index (χ4n) is 1.84.